The van der Waals surface area contributed by atoms with E-state index in [9.17, 15) is 9.59 Å². The van der Waals surface area contributed by atoms with Crippen LogP contribution in [0, 0.1) is 11.8 Å². The molecule has 3 fully saturated rings. The van der Waals surface area contributed by atoms with Crippen LogP contribution >= 0.6 is 0 Å². The Morgan fingerprint density at radius 3 is 2.27 bits per heavy atom. The van der Waals surface area contributed by atoms with Gasteiger partial charge >= 0.3 is 0 Å². The Morgan fingerprint density at radius 1 is 0.900 bits per heavy atom. The number of nitrogens with one attached hydrogen (secondary N) is 1. The molecular formula is C25H37N3O2. The number of likely N-dealkylation sites (tertiary alicyclic amines) is 2. The Balaban J connectivity index is 1.14. The van der Waals surface area contributed by atoms with Gasteiger partial charge in [0.05, 0.1) is 0 Å². The lowest BCUT2D eigenvalue weighted by Gasteiger charge is -2.32. The van der Waals surface area contributed by atoms with Crippen LogP contribution in [0.15, 0.2) is 24.3 Å². The second kappa shape index (κ2) is 10.4. The SMILES string of the molecule is O=C(NCCCN1CCCCC1)c1ccc(CC2CCN(C(=O)C3CC3)CC2)cc1. The highest BCUT2D eigenvalue weighted by atomic mass is 16.2. The molecule has 2 heterocycles. The molecule has 4 rings (SSSR count). The number of piperidine rings is 2. The van der Waals surface area contributed by atoms with Crippen LogP contribution in [0.25, 0.3) is 0 Å². The normalized spacial score (nSPS) is 20.9. The molecule has 1 aliphatic carbocycles. The van der Waals surface area contributed by atoms with E-state index in [2.05, 4.69) is 27.2 Å². The quantitative estimate of drug-likeness (QED) is 0.667. The molecule has 0 bridgehead atoms. The molecule has 164 valence electrons. The Labute approximate surface area is 181 Å². The summed E-state index contributed by atoms with van der Waals surface area (Å²) in [4.78, 5) is 29.2. The molecule has 3 aliphatic rings. The molecule has 1 N–H and O–H groups in total. The summed E-state index contributed by atoms with van der Waals surface area (Å²) in [6, 6.07) is 8.12. The first-order chi connectivity index (χ1) is 14.7. The van der Waals surface area contributed by atoms with Crippen molar-refractivity contribution in [3.63, 3.8) is 0 Å². The summed E-state index contributed by atoms with van der Waals surface area (Å²) in [5.74, 6) is 1.40. The number of amides is 2. The van der Waals surface area contributed by atoms with Gasteiger partial charge in [-0.3, -0.25) is 9.59 Å². The monoisotopic (exact) mass is 411 g/mol. The fourth-order valence-corrected chi connectivity index (χ4v) is 4.86. The van der Waals surface area contributed by atoms with Gasteiger partial charge in [-0.1, -0.05) is 18.6 Å². The Hall–Kier alpha value is -1.88. The maximum absolute atomic E-state index is 12.4. The van der Waals surface area contributed by atoms with Crippen LogP contribution in [0.5, 0.6) is 0 Å². The first-order valence-corrected chi connectivity index (χ1v) is 12.1. The minimum absolute atomic E-state index is 0.0343. The lowest BCUT2D eigenvalue weighted by molar-refractivity contribution is -0.133. The molecule has 5 nitrogen and oxygen atoms in total. The summed E-state index contributed by atoms with van der Waals surface area (Å²) in [7, 11) is 0. The van der Waals surface area contributed by atoms with Crippen molar-refractivity contribution in [1.29, 1.82) is 0 Å². The number of nitrogens with zero attached hydrogens (tertiary/aromatic N) is 2. The first-order valence-electron chi connectivity index (χ1n) is 12.1. The zero-order valence-electron chi connectivity index (χ0n) is 18.3. The van der Waals surface area contributed by atoms with Crippen molar-refractivity contribution in [3.05, 3.63) is 35.4 Å². The van der Waals surface area contributed by atoms with Crippen molar-refractivity contribution in [3.8, 4) is 0 Å². The second-order valence-electron chi connectivity index (χ2n) is 9.46. The lowest BCUT2D eigenvalue weighted by Crippen LogP contribution is -2.39. The average molecular weight is 412 g/mol. The van der Waals surface area contributed by atoms with Gasteiger partial charge in [0, 0.05) is 31.1 Å². The summed E-state index contributed by atoms with van der Waals surface area (Å²) < 4.78 is 0. The Bertz CT molecular complexity index is 700. The summed E-state index contributed by atoms with van der Waals surface area (Å²) >= 11 is 0. The Morgan fingerprint density at radius 2 is 1.60 bits per heavy atom. The fraction of sp³-hybridized carbons (Fsp3) is 0.680. The van der Waals surface area contributed by atoms with E-state index < -0.39 is 0 Å². The van der Waals surface area contributed by atoms with E-state index in [4.69, 9.17) is 0 Å². The summed E-state index contributed by atoms with van der Waals surface area (Å²) in [5.41, 5.74) is 2.05. The van der Waals surface area contributed by atoms with Gasteiger partial charge in [0.1, 0.15) is 0 Å². The van der Waals surface area contributed by atoms with E-state index >= 15 is 0 Å². The maximum atomic E-state index is 12.4. The van der Waals surface area contributed by atoms with Crippen molar-refractivity contribution in [2.45, 2.75) is 57.8 Å². The van der Waals surface area contributed by atoms with Gasteiger partial charge in [-0.15, -0.1) is 0 Å². The third kappa shape index (κ3) is 6.07. The van der Waals surface area contributed by atoms with Gasteiger partial charge in [0.15, 0.2) is 0 Å². The number of carbonyl (C=O) groups excluding carboxylic acids is 2. The number of rotatable bonds is 8. The fourth-order valence-electron chi connectivity index (χ4n) is 4.86. The molecule has 0 spiro atoms. The molecule has 2 aliphatic heterocycles. The van der Waals surface area contributed by atoms with E-state index in [1.165, 1.54) is 37.9 Å². The molecule has 0 atom stereocenters. The van der Waals surface area contributed by atoms with Gasteiger partial charge in [-0.05, 0) is 94.6 Å². The van der Waals surface area contributed by atoms with Crippen LogP contribution < -0.4 is 5.32 Å². The standard InChI is InChI=1S/C25H37N3O2/c29-24(26-13-4-16-27-14-2-1-3-15-27)22-7-5-20(6-8-22)19-21-11-17-28(18-12-21)25(30)23-9-10-23/h5-8,21,23H,1-4,9-19H2,(H,26,29). The zero-order chi connectivity index (χ0) is 20.8. The molecule has 1 aromatic rings. The molecule has 5 heteroatoms. The molecular weight excluding hydrogens is 374 g/mol. The van der Waals surface area contributed by atoms with Crippen molar-refractivity contribution >= 4 is 11.8 Å². The van der Waals surface area contributed by atoms with Crippen molar-refractivity contribution < 1.29 is 9.59 Å². The van der Waals surface area contributed by atoms with Crippen LogP contribution in [0.4, 0.5) is 0 Å². The molecule has 0 unspecified atom stereocenters. The second-order valence-corrected chi connectivity index (χ2v) is 9.46. The molecule has 2 amide bonds. The molecule has 0 radical (unpaired) electrons. The predicted molar refractivity (Wildman–Crippen MR) is 119 cm³/mol. The number of hydrogen-bond acceptors (Lipinski definition) is 3. The van der Waals surface area contributed by atoms with Crippen LogP contribution in [0.1, 0.15) is 67.3 Å². The highest BCUT2D eigenvalue weighted by Gasteiger charge is 2.34. The largest absolute Gasteiger partial charge is 0.352 e. The smallest absolute Gasteiger partial charge is 0.251 e. The Kier molecular flexibility index (Phi) is 7.42. The minimum atomic E-state index is 0.0343. The van der Waals surface area contributed by atoms with Crippen LogP contribution in [-0.4, -0.2) is 60.9 Å². The van der Waals surface area contributed by atoms with Crippen LogP contribution in [0.3, 0.4) is 0 Å². The van der Waals surface area contributed by atoms with Crippen LogP contribution in [0.2, 0.25) is 0 Å². The summed E-state index contributed by atoms with van der Waals surface area (Å²) in [6.45, 7) is 6.09. The van der Waals surface area contributed by atoms with Gasteiger partial charge in [0.2, 0.25) is 5.91 Å². The van der Waals surface area contributed by atoms with Crippen molar-refractivity contribution in [2.75, 3.05) is 39.3 Å². The van der Waals surface area contributed by atoms with E-state index in [0.29, 0.717) is 17.7 Å². The predicted octanol–water partition coefficient (Wildman–Crippen LogP) is 3.48. The average Bonchev–Trinajstić information content (AvgIpc) is 3.63. The van der Waals surface area contributed by atoms with Gasteiger partial charge in [0.25, 0.3) is 5.91 Å². The third-order valence-electron chi connectivity index (χ3n) is 6.98. The van der Waals surface area contributed by atoms with Gasteiger partial charge in [-0.2, -0.15) is 0 Å². The van der Waals surface area contributed by atoms with Crippen molar-refractivity contribution in [1.82, 2.24) is 15.1 Å². The van der Waals surface area contributed by atoms with Crippen LogP contribution in [-0.2, 0) is 11.2 Å². The molecule has 0 aromatic heterocycles. The number of hydrogen-bond donors (Lipinski definition) is 1. The summed E-state index contributed by atoms with van der Waals surface area (Å²) in [5, 5.41) is 3.07. The highest BCUT2D eigenvalue weighted by Crippen LogP contribution is 2.32. The number of carbonyl (C=O) groups is 2. The highest BCUT2D eigenvalue weighted by molar-refractivity contribution is 5.94. The summed E-state index contributed by atoms with van der Waals surface area (Å²) in [6.07, 6.45) is 10.4. The van der Waals surface area contributed by atoms with E-state index in [1.54, 1.807) is 0 Å². The van der Waals surface area contributed by atoms with Gasteiger partial charge in [-0.25, -0.2) is 0 Å². The van der Waals surface area contributed by atoms with Gasteiger partial charge < -0.3 is 15.1 Å². The third-order valence-corrected chi connectivity index (χ3v) is 6.98. The van der Waals surface area contributed by atoms with Crippen molar-refractivity contribution in [2.24, 2.45) is 11.8 Å². The lowest BCUT2D eigenvalue weighted by atomic mass is 9.89. The minimum Gasteiger partial charge on any atom is -0.352 e. The number of benzene rings is 1. The molecule has 2 saturated heterocycles. The van der Waals surface area contributed by atoms with E-state index in [0.717, 1.165) is 70.3 Å². The zero-order valence-corrected chi connectivity index (χ0v) is 18.3. The first kappa shape index (κ1) is 21.4. The molecule has 1 aromatic carbocycles. The van der Waals surface area contributed by atoms with E-state index in [-0.39, 0.29) is 5.91 Å². The molecule has 1 saturated carbocycles. The topological polar surface area (TPSA) is 52.7 Å². The maximum Gasteiger partial charge on any atom is 0.251 e. The molecule has 30 heavy (non-hydrogen) atoms. The van der Waals surface area contributed by atoms with E-state index in [1.807, 2.05) is 12.1 Å².